The zero-order valence-electron chi connectivity index (χ0n) is 17.3. The zero-order chi connectivity index (χ0) is 23.5. The van der Waals surface area contributed by atoms with Crippen LogP contribution in [0.25, 0.3) is 16.6 Å². The second-order valence-electron chi connectivity index (χ2n) is 6.86. The predicted molar refractivity (Wildman–Crippen MR) is 123 cm³/mol. The fourth-order valence-electron chi connectivity index (χ4n) is 3.28. The van der Waals surface area contributed by atoms with Gasteiger partial charge >= 0.3 is 12.0 Å². The molecule has 4 rings (SSSR count). The number of nitrogen functional groups attached to an aromatic ring is 1. The highest BCUT2D eigenvalue weighted by Crippen LogP contribution is 2.33. The maximum atomic E-state index is 13.3. The Morgan fingerprint density at radius 3 is 2.55 bits per heavy atom. The van der Waals surface area contributed by atoms with E-state index in [4.69, 9.17) is 22.1 Å². The smallest absolute Gasteiger partial charge is 0.340 e. The van der Waals surface area contributed by atoms with Crippen molar-refractivity contribution >= 4 is 46.3 Å². The van der Waals surface area contributed by atoms with Crippen molar-refractivity contribution in [3.8, 4) is 11.1 Å². The molecule has 0 fully saturated rings. The van der Waals surface area contributed by atoms with Crippen molar-refractivity contribution in [1.82, 2.24) is 14.6 Å². The van der Waals surface area contributed by atoms with Gasteiger partial charge in [-0.25, -0.2) is 23.5 Å². The number of anilines is 3. The van der Waals surface area contributed by atoms with Crippen LogP contribution in [-0.2, 0) is 4.74 Å². The number of nitrogens with one attached hydrogen (secondary N) is 2. The number of urea groups is 1. The first-order chi connectivity index (χ1) is 15.9. The molecule has 9 nitrogen and oxygen atoms in total. The summed E-state index contributed by atoms with van der Waals surface area (Å²) < 4.78 is 19.9. The lowest BCUT2D eigenvalue weighted by Crippen LogP contribution is -2.19. The number of benzene rings is 2. The fourth-order valence-corrected chi connectivity index (χ4v) is 3.46. The van der Waals surface area contributed by atoms with E-state index in [-0.39, 0.29) is 23.0 Å². The van der Waals surface area contributed by atoms with Gasteiger partial charge in [-0.05, 0) is 42.8 Å². The van der Waals surface area contributed by atoms with E-state index in [0.29, 0.717) is 28.0 Å². The summed E-state index contributed by atoms with van der Waals surface area (Å²) >= 11 is 5.73. The average Bonchev–Trinajstić information content (AvgIpc) is 3.18. The highest BCUT2D eigenvalue weighted by molar-refractivity contribution is 6.31. The third-order valence-corrected chi connectivity index (χ3v) is 5.00. The van der Waals surface area contributed by atoms with Crippen LogP contribution in [0.1, 0.15) is 17.3 Å². The minimum atomic E-state index is -0.579. The Labute approximate surface area is 192 Å². The second kappa shape index (κ2) is 9.13. The molecular weight excluding hydrogens is 451 g/mol. The molecule has 168 valence electrons. The van der Waals surface area contributed by atoms with Crippen molar-refractivity contribution in [3.63, 3.8) is 0 Å². The highest BCUT2D eigenvalue weighted by Gasteiger charge is 2.22. The first-order valence-corrected chi connectivity index (χ1v) is 10.2. The number of rotatable bonds is 5. The Morgan fingerprint density at radius 1 is 1.15 bits per heavy atom. The number of carbonyl (C=O) groups excluding carboxylic acids is 2. The monoisotopic (exact) mass is 468 g/mol. The van der Waals surface area contributed by atoms with Gasteiger partial charge in [0.25, 0.3) is 0 Å². The van der Waals surface area contributed by atoms with Gasteiger partial charge in [0, 0.05) is 23.1 Å². The maximum Gasteiger partial charge on any atom is 0.340 e. The van der Waals surface area contributed by atoms with Crippen molar-refractivity contribution in [2.24, 2.45) is 0 Å². The molecule has 0 aliphatic rings. The number of carbonyl (C=O) groups is 2. The van der Waals surface area contributed by atoms with Gasteiger partial charge in [-0.15, -0.1) is 0 Å². The van der Waals surface area contributed by atoms with E-state index in [2.05, 4.69) is 20.7 Å². The molecule has 0 radical (unpaired) electrons. The van der Waals surface area contributed by atoms with Gasteiger partial charge in [0.15, 0.2) is 5.82 Å². The summed E-state index contributed by atoms with van der Waals surface area (Å²) in [5.74, 6) is -0.892. The van der Waals surface area contributed by atoms with Crippen LogP contribution in [0.15, 0.2) is 55.0 Å². The summed E-state index contributed by atoms with van der Waals surface area (Å²) in [5.41, 5.74) is 8.79. The number of hydrogen-bond acceptors (Lipinski definition) is 6. The van der Waals surface area contributed by atoms with Gasteiger partial charge in [-0.1, -0.05) is 23.7 Å². The van der Waals surface area contributed by atoms with E-state index in [1.807, 2.05) is 0 Å². The Kier molecular flexibility index (Phi) is 6.09. The summed E-state index contributed by atoms with van der Waals surface area (Å²) in [6.07, 6.45) is 2.83. The van der Waals surface area contributed by atoms with Crippen LogP contribution in [0, 0.1) is 5.82 Å². The molecule has 4 aromatic rings. The van der Waals surface area contributed by atoms with Crippen LogP contribution in [0.3, 0.4) is 0 Å². The zero-order valence-corrected chi connectivity index (χ0v) is 18.1. The maximum absolute atomic E-state index is 13.3. The quantitative estimate of drug-likeness (QED) is 0.368. The SMILES string of the molecule is CCOC(=O)c1cn2ncnc(N)c2c1-c1ccc(NC(=O)Nc2ccc(F)c(Cl)c2)cc1. The van der Waals surface area contributed by atoms with Crippen LogP contribution >= 0.6 is 11.6 Å². The largest absolute Gasteiger partial charge is 0.462 e. The molecule has 2 aromatic heterocycles. The molecule has 0 saturated carbocycles. The first kappa shape index (κ1) is 22.0. The van der Waals surface area contributed by atoms with Gasteiger partial charge in [0.05, 0.1) is 17.2 Å². The molecule has 0 atom stereocenters. The Bertz CT molecular complexity index is 1360. The normalized spacial score (nSPS) is 10.8. The van der Waals surface area contributed by atoms with Crippen LogP contribution in [0.5, 0.6) is 0 Å². The lowest BCUT2D eigenvalue weighted by molar-refractivity contribution is 0.0527. The first-order valence-electron chi connectivity index (χ1n) is 9.79. The minimum absolute atomic E-state index is 0.0994. The standard InChI is InChI=1S/C22H18ClFN6O3/c1-2-33-21(31)15-10-30-19(20(25)26-11-27-30)18(15)12-3-5-13(6-4-12)28-22(32)29-14-7-8-17(24)16(23)9-14/h3-11H,2H2,1H3,(H2,25,26,27)(H2,28,29,32). The van der Waals surface area contributed by atoms with Crippen LogP contribution in [0.4, 0.5) is 26.4 Å². The molecule has 2 amide bonds. The van der Waals surface area contributed by atoms with Crippen molar-refractivity contribution in [3.05, 3.63) is 71.4 Å². The van der Waals surface area contributed by atoms with Crippen LogP contribution in [-0.4, -0.2) is 33.2 Å². The number of aromatic nitrogens is 3. The predicted octanol–water partition coefficient (Wildman–Crippen LogP) is 4.59. The third-order valence-electron chi connectivity index (χ3n) is 4.71. The summed E-state index contributed by atoms with van der Waals surface area (Å²) in [7, 11) is 0. The molecule has 0 aliphatic heterocycles. The molecule has 0 unspecified atom stereocenters. The number of amides is 2. The van der Waals surface area contributed by atoms with E-state index in [9.17, 15) is 14.0 Å². The number of nitrogens with two attached hydrogens (primary N) is 1. The van der Waals surface area contributed by atoms with E-state index >= 15 is 0 Å². The van der Waals surface area contributed by atoms with E-state index in [1.165, 1.54) is 29.2 Å². The minimum Gasteiger partial charge on any atom is -0.462 e. The second-order valence-corrected chi connectivity index (χ2v) is 7.27. The van der Waals surface area contributed by atoms with Gasteiger partial charge in [0.1, 0.15) is 17.7 Å². The molecule has 0 spiro atoms. The molecule has 2 heterocycles. The third kappa shape index (κ3) is 4.55. The summed E-state index contributed by atoms with van der Waals surface area (Å²) in [6, 6.07) is 10.1. The fraction of sp³-hybridized carbons (Fsp3) is 0.0909. The molecule has 4 N–H and O–H groups in total. The van der Waals surface area contributed by atoms with Crippen molar-refractivity contribution in [2.45, 2.75) is 6.92 Å². The number of nitrogens with zero attached hydrogens (tertiary/aromatic N) is 3. The highest BCUT2D eigenvalue weighted by atomic mass is 35.5. The molecule has 0 saturated heterocycles. The number of hydrogen-bond donors (Lipinski definition) is 3. The number of halogens is 2. The molecule has 0 aliphatic carbocycles. The molecule has 2 aromatic carbocycles. The lowest BCUT2D eigenvalue weighted by atomic mass is 10.0. The van der Waals surface area contributed by atoms with Gasteiger partial charge in [-0.3, -0.25) is 0 Å². The van der Waals surface area contributed by atoms with Gasteiger partial charge < -0.3 is 21.1 Å². The van der Waals surface area contributed by atoms with E-state index in [1.54, 1.807) is 31.2 Å². The summed E-state index contributed by atoms with van der Waals surface area (Å²) in [5, 5.41) is 9.26. The van der Waals surface area contributed by atoms with Crippen molar-refractivity contribution in [2.75, 3.05) is 23.0 Å². The van der Waals surface area contributed by atoms with Crippen molar-refractivity contribution < 1.29 is 18.7 Å². The lowest BCUT2D eigenvalue weighted by Gasteiger charge is -2.10. The Hall–Kier alpha value is -4.18. The average molecular weight is 469 g/mol. The van der Waals surface area contributed by atoms with Crippen LogP contribution < -0.4 is 16.4 Å². The number of ether oxygens (including phenoxy) is 1. The molecule has 11 heteroatoms. The Morgan fingerprint density at radius 2 is 1.85 bits per heavy atom. The van der Waals surface area contributed by atoms with E-state index in [0.717, 1.165) is 6.07 Å². The molecule has 0 bridgehead atoms. The number of fused-ring (bicyclic) bond motifs is 1. The topological polar surface area (TPSA) is 124 Å². The summed E-state index contributed by atoms with van der Waals surface area (Å²) in [4.78, 5) is 28.8. The van der Waals surface area contributed by atoms with Gasteiger partial charge in [-0.2, -0.15) is 5.10 Å². The van der Waals surface area contributed by atoms with Gasteiger partial charge in [0.2, 0.25) is 0 Å². The van der Waals surface area contributed by atoms with Crippen LogP contribution in [0.2, 0.25) is 5.02 Å². The summed E-state index contributed by atoms with van der Waals surface area (Å²) in [6.45, 7) is 1.93. The molecule has 33 heavy (non-hydrogen) atoms. The van der Waals surface area contributed by atoms with E-state index < -0.39 is 17.8 Å². The Balaban J connectivity index is 1.60. The van der Waals surface area contributed by atoms with Crippen molar-refractivity contribution in [1.29, 1.82) is 0 Å². The number of esters is 1. The molecular formula is C22H18ClFN6O3.